The summed E-state index contributed by atoms with van der Waals surface area (Å²) < 4.78 is 66.0. The molecular weight excluding hydrogens is 733 g/mol. The third-order valence-corrected chi connectivity index (χ3v) is 6.39. The average molecular weight is 797 g/mol. The fourth-order valence-electron chi connectivity index (χ4n) is 3.51. The minimum atomic E-state index is -4.23. The topological polar surface area (TPSA) is 127 Å². The summed E-state index contributed by atoms with van der Waals surface area (Å²) in [6.45, 7) is 4.62. The molecule has 0 atom stereocenters. The quantitative estimate of drug-likeness (QED) is 0.0814. The van der Waals surface area contributed by atoms with Crippen molar-refractivity contribution in [1.82, 2.24) is 0 Å². The third-order valence-electron chi connectivity index (χ3n) is 5.46. The van der Waals surface area contributed by atoms with Crippen molar-refractivity contribution in [3.63, 3.8) is 0 Å². The van der Waals surface area contributed by atoms with Gasteiger partial charge in [-0.1, -0.05) is 129 Å². The van der Waals surface area contributed by atoms with E-state index in [1.165, 1.54) is 89.9 Å². The Bertz CT molecular complexity index is 589. The van der Waals surface area contributed by atoms with Gasteiger partial charge in [0.1, 0.15) is 0 Å². The summed E-state index contributed by atoms with van der Waals surface area (Å²) >= 11 is 0. The number of unbranched alkanes of at least 4 members (excludes halogenated alkanes) is 18. The second kappa shape index (κ2) is 72.4. The Kier molecular flexibility index (Phi) is 147. The van der Waals surface area contributed by atoms with Crippen molar-refractivity contribution in [3.05, 3.63) is 0 Å². The van der Waals surface area contributed by atoms with Gasteiger partial charge in [0.25, 0.3) is 0 Å². The van der Waals surface area contributed by atoms with Crippen LogP contribution in [0.3, 0.4) is 0 Å². The molecule has 0 rings (SSSR count). The van der Waals surface area contributed by atoms with Gasteiger partial charge in [-0.3, -0.25) is 9.11 Å². The van der Waals surface area contributed by atoms with Gasteiger partial charge in [-0.15, -0.1) is 0 Å². The van der Waals surface area contributed by atoms with Gasteiger partial charge in [0.2, 0.25) is 0 Å². The van der Waals surface area contributed by atoms with Gasteiger partial charge < -0.3 is 0 Å². The van der Waals surface area contributed by atoms with Crippen molar-refractivity contribution in [2.75, 3.05) is 13.2 Å². The van der Waals surface area contributed by atoms with E-state index in [2.05, 4.69) is 22.2 Å². The zero-order valence-corrected chi connectivity index (χ0v) is 23.3. The Labute approximate surface area is 523 Å². The number of rotatable bonds is 24. The first-order valence-electron chi connectivity index (χ1n) is 13.4. The predicted molar refractivity (Wildman–Crippen MR) is 217 cm³/mol. The summed E-state index contributed by atoms with van der Waals surface area (Å²) in [4.78, 5) is 0. The minimum absolute atomic E-state index is 0. The summed E-state index contributed by atoms with van der Waals surface area (Å²) in [6, 6.07) is 0. The molecule has 0 fully saturated rings. The molecule has 8 nitrogen and oxygen atoms in total. The molecule has 21 heteroatoms. The zero-order chi connectivity index (χ0) is 26.0. The molecule has 0 heterocycles. The Balaban J connectivity index is -0.0000000332. The molecule has 0 aliphatic rings. The Morgan fingerprint density at radius 3 is 0.644 bits per heavy atom. The van der Waals surface area contributed by atoms with Crippen molar-refractivity contribution in [1.29, 1.82) is 0 Å². The van der Waals surface area contributed by atoms with Crippen molar-refractivity contribution < 1.29 is 34.3 Å². The molecule has 0 aliphatic heterocycles. The van der Waals surface area contributed by atoms with Crippen LogP contribution >= 0.6 is 0 Å². The summed E-state index contributed by atoms with van der Waals surface area (Å²) in [5.41, 5.74) is 0. The van der Waals surface area contributed by atoms with Gasteiger partial charge in [0, 0.05) is 0 Å². The molecule has 0 aromatic heterocycles. The number of hydrogen-bond donors (Lipinski definition) is 2. The molecule has 0 radical (unpaired) electrons. The Morgan fingerprint density at radius 1 is 0.333 bits per heavy atom. The molecule has 0 amide bonds. The predicted octanol–water partition coefficient (Wildman–Crippen LogP) is 0.320. The van der Waals surface area contributed by atoms with Gasteiger partial charge in [-0.05, 0) is 12.8 Å². The standard InChI is InChI=1S/2C12H26O4S.11Na.11H/c2*1-2-3-4-5-6-7-8-9-10-11-12-16-17(13,14)15;;;;;;;;;;;;;;;;;;;;;;/h2*2-12H2,1H3,(H,13,14,15);;;;;;;;;;;;;;;;;;;;;;. The van der Waals surface area contributed by atoms with Crippen molar-refractivity contribution >= 4 is 346 Å². The van der Waals surface area contributed by atoms with Crippen LogP contribution in [-0.2, 0) is 29.2 Å². The normalized spacial score (nSPS) is 8.98. The molecule has 0 bridgehead atoms. The van der Waals surface area contributed by atoms with Crippen LogP contribution in [0.15, 0.2) is 0 Å². The second-order valence-electron chi connectivity index (χ2n) is 8.86. The van der Waals surface area contributed by atoms with E-state index in [1.54, 1.807) is 0 Å². The maximum absolute atomic E-state index is 10.2. The van der Waals surface area contributed by atoms with Crippen molar-refractivity contribution in [2.45, 2.75) is 142 Å². The monoisotopic (exact) mass is 796 g/mol. The zero-order valence-electron chi connectivity index (χ0n) is 21.7. The first-order chi connectivity index (χ1) is 16.1. The fourth-order valence-corrected chi connectivity index (χ4v) is 4.16. The average Bonchev–Trinajstić information content (AvgIpc) is 2.75. The van der Waals surface area contributed by atoms with E-state index < -0.39 is 20.8 Å². The van der Waals surface area contributed by atoms with Crippen LogP contribution in [0.1, 0.15) is 142 Å². The first kappa shape index (κ1) is 91.4. The maximum atomic E-state index is 10.2. The van der Waals surface area contributed by atoms with Crippen LogP contribution in [0.5, 0.6) is 0 Å². The van der Waals surface area contributed by atoms with Gasteiger partial charge in [0.15, 0.2) is 0 Å². The summed E-state index contributed by atoms with van der Waals surface area (Å²) in [7, 11) is -8.47. The SMILES string of the molecule is CCCCCCCCCCCCOS(=O)(=O)O.CCCCCCCCCCCCOS(=O)(=O)O.[NaH].[NaH].[NaH].[NaH].[NaH].[NaH].[NaH].[NaH].[NaH].[NaH].[NaH]. The van der Waals surface area contributed by atoms with Gasteiger partial charge in [-0.2, -0.15) is 16.8 Å². The molecule has 0 aromatic carbocycles. The van der Waals surface area contributed by atoms with Crippen molar-refractivity contribution in [2.24, 2.45) is 0 Å². The summed E-state index contributed by atoms with van der Waals surface area (Å²) in [5.74, 6) is 0. The molecule has 0 saturated carbocycles. The van der Waals surface area contributed by atoms with Crippen molar-refractivity contribution in [3.8, 4) is 0 Å². The molecule has 2 N–H and O–H groups in total. The third kappa shape index (κ3) is 101. The van der Waals surface area contributed by atoms with E-state index in [0.717, 1.165) is 25.7 Å². The van der Waals surface area contributed by atoms with Gasteiger partial charge in [-0.25, -0.2) is 8.37 Å². The van der Waals surface area contributed by atoms with Crippen LogP contribution < -0.4 is 0 Å². The molecule has 0 aliphatic carbocycles. The second-order valence-corrected chi connectivity index (χ2v) is 11.0. The van der Waals surface area contributed by atoms with Gasteiger partial charge >= 0.3 is 346 Å². The van der Waals surface area contributed by atoms with Crippen LogP contribution in [0.25, 0.3) is 0 Å². The summed E-state index contributed by atoms with van der Waals surface area (Å²) in [6.07, 6.45) is 23.7. The van der Waals surface area contributed by atoms with Gasteiger partial charge in [0.05, 0.1) is 13.2 Å². The molecular formula is C24H63Na11O8S2. The van der Waals surface area contributed by atoms with E-state index in [9.17, 15) is 16.8 Å². The Morgan fingerprint density at radius 2 is 0.489 bits per heavy atom. The van der Waals surface area contributed by atoms with Crippen LogP contribution in [0, 0.1) is 0 Å². The first-order valence-corrected chi connectivity index (χ1v) is 16.1. The van der Waals surface area contributed by atoms with E-state index in [4.69, 9.17) is 9.11 Å². The van der Waals surface area contributed by atoms with E-state index >= 15 is 0 Å². The molecule has 45 heavy (non-hydrogen) atoms. The molecule has 0 unspecified atom stereocenters. The molecule has 230 valence electrons. The molecule has 0 aromatic rings. The molecule has 0 saturated heterocycles. The van der Waals surface area contributed by atoms with E-state index in [1.807, 2.05) is 0 Å². The number of hydrogen-bond acceptors (Lipinski definition) is 6. The van der Waals surface area contributed by atoms with E-state index in [0.29, 0.717) is 12.8 Å². The van der Waals surface area contributed by atoms with Crippen LogP contribution in [0.4, 0.5) is 0 Å². The fraction of sp³-hybridized carbons (Fsp3) is 1.00. The van der Waals surface area contributed by atoms with Crippen LogP contribution in [-0.4, -0.2) is 364 Å². The molecule has 0 spiro atoms. The summed E-state index contributed by atoms with van der Waals surface area (Å²) in [5, 5.41) is 0. The Hall–Kier alpha value is 10.7. The van der Waals surface area contributed by atoms with E-state index in [-0.39, 0.29) is 338 Å². The van der Waals surface area contributed by atoms with Crippen LogP contribution in [0.2, 0.25) is 0 Å².